The Hall–Kier alpha value is -0.200. The second kappa shape index (κ2) is 8.87. The Bertz CT molecular complexity index is 227. The van der Waals surface area contributed by atoms with E-state index in [1.807, 2.05) is 0 Å². The van der Waals surface area contributed by atoms with Gasteiger partial charge in [-0.15, -0.1) is 0 Å². The third kappa shape index (κ3) is 6.19. The van der Waals surface area contributed by atoms with Crippen molar-refractivity contribution in [1.29, 1.82) is 0 Å². The Morgan fingerprint density at radius 3 is 2.89 bits per heavy atom. The molecule has 112 valence electrons. The van der Waals surface area contributed by atoms with E-state index in [0.717, 1.165) is 45.6 Å². The van der Waals surface area contributed by atoms with Crippen molar-refractivity contribution in [1.82, 2.24) is 5.32 Å². The third-order valence-corrected chi connectivity index (χ3v) is 3.71. The smallest absolute Gasteiger partial charge is 0.0897 e. The highest BCUT2D eigenvalue weighted by Gasteiger charge is 2.17. The highest BCUT2D eigenvalue weighted by molar-refractivity contribution is 4.68. The number of aliphatic hydroxyl groups excluding tert-OH is 1. The Kier molecular flexibility index (Phi) is 7.09. The summed E-state index contributed by atoms with van der Waals surface area (Å²) in [5.41, 5.74) is 0. The molecule has 19 heavy (non-hydrogen) atoms. The van der Waals surface area contributed by atoms with E-state index in [9.17, 15) is 5.11 Å². The highest BCUT2D eigenvalue weighted by atomic mass is 16.5. The van der Waals surface area contributed by atoms with Gasteiger partial charge in [0.15, 0.2) is 0 Å². The third-order valence-electron chi connectivity index (χ3n) is 3.71. The first kappa shape index (κ1) is 15.2. The van der Waals surface area contributed by atoms with E-state index in [-0.39, 0.29) is 6.10 Å². The van der Waals surface area contributed by atoms with Gasteiger partial charge in [-0.3, -0.25) is 0 Å². The van der Waals surface area contributed by atoms with E-state index in [4.69, 9.17) is 14.2 Å². The van der Waals surface area contributed by atoms with Gasteiger partial charge < -0.3 is 24.6 Å². The molecule has 2 rings (SSSR count). The quantitative estimate of drug-likeness (QED) is 0.677. The number of nitrogens with one attached hydrogen (secondary N) is 1. The van der Waals surface area contributed by atoms with Crippen LogP contribution in [0.1, 0.15) is 25.7 Å². The van der Waals surface area contributed by atoms with Gasteiger partial charge in [-0.2, -0.15) is 0 Å². The molecule has 0 saturated carbocycles. The van der Waals surface area contributed by atoms with Gasteiger partial charge in [0, 0.05) is 26.3 Å². The predicted octanol–water partition coefficient (Wildman–Crippen LogP) is 0.559. The van der Waals surface area contributed by atoms with Crippen molar-refractivity contribution in [2.75, 3.05) is 46.1 Å². The fraction of sp³-hybridized carbons (Fsp3) is 1.00. The molecule has 0 spiro atoms. The molecule has 0 aliphatic carbocycles. The number of ether oxygens (including phenoxy) is 3. The Labute approximate surface area is 115 Å². The van der Waals surface area contributed by atoms with Crippen molar-refractivity contribution in [2.24, 2.45) is 5.92 Å². The summed E-state index contributed by atoms with van der Waals surface area (Å²) in [5, 5.41) is 13.1. The fourth-order valence-corrected chi connectivity index (χ4v) is 2.59. The first-order valence-corrected chi connectivity index (χ1v) is 7.50. The molecular weight excluding hydrogens is 246 g/mol. The summed E-state index contributed by atoms with van der Waals surface area (Å²) in [7, 11) is 0. The summed E-state index contributed by atoms with van der Waals surface area (Å²) in [4.78, 5) is 0. The standard InChI is InChI=1S/C14H27NO4/c16-13(10-18-11-14-4-2-6-19-14)8-15-7-12-3-1-5-17-9-12/h12-16H,1-11H2. The lowest BCUT2D eigenvalue weighted by atomic mass is 10.0. The maximum atomic E-state index is 9.79. The van der Waals surface area contributed by atoms with E-state index in [2.05, 4.69) is 5.32 Å². The van der Waals surface area contributed by atoms with Crippen LogP contribution in [-0.2, 0) is 14.2 Å². The fourth-order valence-electron chi connectivity index (χ4n) is 2.59. The van der Waals surface area contributed by atoms with Gasteiger partial charge in [0.2, 0.25) is 0 Å². The molecule has 0 amide bonds. The minimum absolute atomic E-state index is 0.236. The van der Waals surface area contributed by atoms with Gasteiger partial charge in [0.1, 0.15) is 0 Å². The second-order valence-electron chi connectivity index (χ2n) is 5.57. The molecule has 0 radical (unpaired) electrons. The average Bonchev–Trinajstić information content (AvgIpc) is 2.93. The van der Waals surface area contributed by atoms with Crippen LogP contribution in [-0.4, -0.2) is 63.4 Å². The summed E-state index contributed by atoms with van der Waals surface area (Å²) >= 11 is 0. The molecule has 2 aliphatic heterocycles. The van der Waals surface area contributed by atoms with Crippen molar-refractivity contribution in [3.8, 4) is 0 Å². The molecule has 5 heteroatoms. The minimum Gasteiger partial charge on any atom is -0.389 e. The lowest BCUT2D eigenvalue weighted by Gasteiger charge is -2.23. The van der Waals surface area contributed by atoms with Crippen molar-refractivity contribution in [3.05, 3.63) is 0 Å². The second-order valence-corrected chi connectivity index (χ2v) is 5.57. The number of rotatable bonds is 8. The van der Waals surface area contributed by atoms with Gasteiger partial charge in [-0.25, -0.2) is 0 Å². The van der Waals surface area contributed by atoms with E-state index in [1.54, 1.807) is 0 Å². The van der Waals surface area contributed by atoms with E-state index >= 15 is 0 Å². The molecule has 2 aliphatic rings. The van der Waals surface area contributed by atoms with Crippen LogP contribution >= 0.6 is 0 Å². The molecule has 2 saturated heterocycles. The molecule has 2 fully saturated rings. The Morgan fingerprint density at radius 2 is 2.16 bits per heavy atom. The number of aliphatic hydroxyl groups is 1. The summed E-state index contributed by atoms with van der Waals surface area (Å²) in [5.74, 6) is 0.591. The normalized spacial score (nSPS) is 29.5. The van der Waals surface area contributed by atoms with Crippen LogP contribution < -0.4 is 5.32 Å². The van der Waals surface area contributed by atoms with Crippen molar-refractivity contribution in [2.45, 2.75) is 37.9 Å². The number of hydrogen-bond donors (Lipinski definition) is 2. The topological polar surface area (TPSA) is 60.0 Å². The van der Waals surface area contributed by atoms with Crippen LogP contribution in [0.15, 0.2) is 0 Å². The molecule has 0 aromatic rings. The largest absolute Gasteiger partial charge is 0.389 e. The van der Waals surface area contributed by atoms with Crippen LogP contribution in [0.4, 0.5) is 0 Å². The zero-order valence-electron chi connectivity index (χ0n) is 11.7. The molecule has 5 nitrogen and oxygen atoms in total. The van der Waals surface area contributed by atoms with Crippen LogP contribution in [0.2, 0.25) is 0 Å². The average molecular weight is 273 g/mol. The molecule has 0 aromatic heterocycles. The first-order valence-electron chi connectivity index (χ1n) is 7.50. The Balaban J connectivity index is 1.43. The zero-order valence-corrected chi connectivity index (χ0v) is 11.7. The monoisotopic (exact) mass is 273 g/mol. The van der Waals surface area contributed by atoms with Crippen molar-refractivity contribution in [3.63, 3.8) is 0 Å². The lowest BCUT2D eigenvalue weighted by molar-refractivity contribution is -0.0171. The maximum Gasteiger partial charge on any atom is 0.0897 e. The molecule has 0 bridgehead atoms. The van der Waals surface area contributed by atoms with Crippen LogP contribution in [0, 0.1) is 5.92 Å². The molecule has 2 heterocycles. The lowest BCUT2D eigenvalue weighted by Crippen LogP contribution is -2.36. The van der Waals surface area contributed by atoms with Crippen LogP contribution in [0.25, 0.3) is 0 Å². The molecule has 0 aromatic carbocycles. The summed E-state index contributed by atoms with van der Waals surface area (Å²) in [6.45, 7) is 5.09. The van der Waals surface area contributed by atoms with E-state index < -0.39 is 6.10 Å². The minimum atomic E-state index is -0.439. The highest BCUT2D eigenvalue weighted by Crippen LogP contribution is 2.12. The van der Waals surface area contributed by atoms with Gasteiger partial charge in [0.25, 0.3) is 0 Å². The first-order chi connectivity index (χ1) is 9.34. The molecule has 3 atom stereocenters. The van der Waals surface area contributed by atoms with E-state index in [1.165, 1.54) is 6.42 Å². The zero-order chi connectivity index (χ0) is 13.3. The van der Waals surface area contributed by atoms with Gasteiger partial charge >= 0.3 is 0 Å². The van der Waals surface area contributed by atoms with E-state index in [0.29, 0.717) is 25.7 Å². The van der Waals surface area contributed by atoms with Crippen molar-refractivity contribution < 1.29 is 19.3 Å². The van der Waals surface area contributed by atoms with Crippen LogP contribution in [0.3, 0.4) is 0 Å². The summed E-state index contributed by atoms with van der Waals surface area (Å²) in [6.07, 6.45) is 4.38. The molecular formula is C14H27NO4. The summed E-state index contributed by atoms with van der Waals surface area (Å²) < 4.78 is 16.4. The van der Waals surface area contributed by atoms with Crippen molar-refractivity contribution >= 4 is 0 Å². The molecule has 3 unspecified atom stereocenters. The summed E-state index contributed by atoms with van der Waals surface area (Å²) in [6, 6.07) is 0. The van der Waals surface area contributed by atoms with Crippen LogP contribution in [0.5, 0.6) is 0 Å². The maximum absolute atomic E-state index is 9.79. The SMILES string of the molecule is OC(CNCC1CCCOC1)COCC1CCCO1. The number of hydrogen-bond acceptors (Lipinski definition) is 5. The molecule has 2 N–H and O–H groups in total. The van der Waals surface area contributed by atoms with Gasteiger partial charge in [0.05, 0.1) is 32.0 Å². The van der Waals surface area contributed by atoms with Gasteiger partial charge in [-0.1, -0.05) is 0 Å². The van der Waals surface area contributed by atoms with Gasteiger partial charge in [-0.05, 0) is 31.6 Å². The Morgan fingerprint density at radius 1 is 1.26 bits per heavy atom. The predicted molar refractivity (Wildman–Crippen MR) is 72.2 cm³/mol.